The van der Waals surface area contributed by atoms with E-state index in [1.54, 1.807) is 30.5 Å². The monoisotopic (exact) mass is 420 g/mol. The highest BCUT2D eigenvalue weighted by Crippen LogP contribution is 2.30. The third-order valence-electron chi connectivity index (χ3n) is 4.24. The molecule has 7 heteroatoms. The highest BCUT2D eigenvalue weighted by atomic mass is 16.5. The van der Waals surface area contributed by atoms with Gasteiger partial charge in [0.1, 0.15) is 0 Å². The molecule has 2 aromatic carbocycles. The predicted octanol–water partition coefficient (Wildman–Crippen LogP) is 4.23. The Hall–Kier alpha value is -3.87. The van der Waals surface area contributed by atoms with Crippen molar-refractivity contribution in [1.29, 1.82) is 0 Å². The number of hydrogen-bond acceptors (Lipinski definition) is 6. The second kappa shape index (κ2) is 10.8. The number of fused-ring (bicyclic) bond motifs is 1. The Labute approximate surface area is 180 Å². The number of amides is 1. The number of hydrogen-bond donors (Lipinski definition) is 1. The van der Waals surface area contributed by atoms with Gasteiger partial charge in [-0.05, 0) is 38.1 Å². The van der Waals surface area contributed by atoms with Crippen molar-refractivity contribution in [3.8, 4) is 11.5 Å². The Morgan fingerprint density at radius 2 is 1.77 bits per heavy atom. The maximum atomic E-state index is 12.2. The lowest BCUT2D eigenvalue weighted by molar-refractivity contribution is -0.142. The van der Waals surface area contributed by atoms with Crippen LogP contribution in [0.5, 0.6) is 11.5 Å². The van der Waals surface area contributed by atoms with Crippen LogP contribution in [0.2, 0.25) is 0 Å². The maximum absolute atomic E-state index is 12.2. The van der Waals surface area contributed by atoms with E-state index in [0.29, 0.717) is 30.4 Å². The van der Waals surface area contributed by atoms with Gasteiger partial charge in [-0.1, -0.05) is 24.3 Å². The molecule has 1 amide bonds. The number of esters is 1. The van der Waals surface area contributed by atoms with E-state index in [9.17, 15) is 9.59 Å². The van der Waals surface area contributed by atoms with Crippen molar-refractivity contribution in [3.63, 3.8) is 0 Å². The van der Waals surface area contributed by atoms with E-state index in [2.05, 4.69) is 10.3 Å². The molecule has 3 rings (SSSR count). The van der Waals surface area contributed by atoms with Gasteiger partial charge in [0.25, 0.3) is 5.91 Å². The van der Waals surface area contributed by atoms with Crippen molar-refractivity contribution in [2.24, 2.45) is 0 Å². The van der Waals surface area contributed by atoms with Crippen LogP contribution in [0.25, 0.3) is 17.0 Å². The maximum Gasteiger partial charge on any atom is 0.331 e. The highest BCUT2D eigenvalue weighted by Gasteiger charge is 2.10. The van der Waals surface area contributed by atoms with Gasteiger partial charge in [0, 0.05) is 35.0 Å². The van der Waals surface area contributed by atoms with Gasteiger partial charge < -0.3 is 19.5 Å². The smallest absolute Gasteiger partial charge is 0.331 e. The zero-order valence-corrected chi connectivity index (χ0v) is 17.5. The van der Waals surface area contributed by atoms with Crippen LogP contribution in [0.15, 0.2) is 60.8 Å². The first-order chi connectivity index (χ1) is 15.1. The summed E-state index contributed by atoms with van der Waals surface area (Å²) in [6.45, 7) is 4.30. The van der Waals surface area contributed by atoms with Gasteiger partial charge in [0.2, 0.25) is 0 Å². The number of anilines is 1. The summed E-state index contributed by atoms with van der Waals surface area (Å²) in [5.41, 5.74) is 2.09. The van der Waals surface area contributed by atoms with Crippen LogP contribution in [0, 0.1) is 0 Å². The normalized spacial score (nSPS) is 10.8. The Kier molecular flexibility index (Phi) is 7.59. The Morgan fingerprint density at radius 3 is 2.58 bits per heavy atom. The van der Waals surface area contributed by atoms with Gasteiger partial charge in [-0.2, -0.15) is 0 Å². The largest absolute Gasteiger partial charge is 0.490 e. The van der Waals surface area contributed by atoms with E-state index in [4.69, 9.17) is 14.2 Å². The Morgan fingerprint density at radius 1 is 1.00 bits per heavy atom. The van der Waals surface area contributed by atoms with E-state index in [-0.39, 0.29) is 0 Å². The van der Waals surface area contributed by atoms with Gasteiger partial charge in [-0.15, -0.1) is 0 Å². The van der Waals surface area contributed by atoms with E-state index < -0.39 is 18.5 Å². The number of carbonyl (C=O) groups excluding carboxylic acids is 2. The molecule has 0 saturated carbocycles. The van der Waals surface area contributed by atoms with Crippen molar-refractivity contribution in [3.05, 3.63) is 66.4 Å². The fourth-order valence-electron chi connectivity index (χ4n) is 2.93. The molecule has 160 valence electrons. The lowest BCUT2D eigenvalue weighted by Crippen LogP contribution is -2.20. The molecule has 0 saturated heterocycles. The molecule has 1 aromatic heterocycles. The molecule has 7 nitrogen and oxygen atoms in total. The van der Waals surface area contributed by atoms with Crippen molar-refractivity contribution in [2.45, 2.75) is 13.8 Å². The van der Waals surface area contributed by atoms with E-state index in [0.717, 1.165) is 16.5 Å². The minimum absolute atomic E-state index is 0.409. The molecular weight excluding hydrogens is 396 g/mol. The van der Waals surface area contributed by atoms with Crippen LogP contribution in [0.4, 0.5) is 5.69 Å². The fourth-order valence-corrected chi connectivity index (χ4v) is 2.93. The summed E-state index contributed by atoms with van der Waals surface area (Å²) in [4.78, 5) is 28.5. The molecule has 1 N–H and O–H groups in total. The summed E-state index contributed by atoms with van der Waals surface area (Å²) in [7, 11) is 0. The minimum Gasteiger partial charge on any atom is -0.490 e. The Bertz CT molecular complexity index is 1090. The second-order valence-corrected chi connectivity index (χ2v) is 6.44. The SMILES string of the molecule is CCOc1ccc(NC(=O)COC(=O)/C=C/c2cccc3cccnc23)cc1OCC. The summed E-state index contributed by atoms with van der Waals surface area (Å²) >= 11 is 0. The van der Waals surface area contributed by atoms with Crippen LogP contribution in [-0.4, -0.2) is 36.7 Å². The number of carbonyl (C=O) groups is 2. The lowest BCUT2D eigenvalue weighted by atomic mass is 10.1. The number of rotatable bonds is 9. The first-order valence-electron chi connectivity index (χ1n) is 9.98. The van der Waals surface area contributed by atoms with E-state index in [1.165, 1.54) is 6.08 Å². The van der Waals surface area contributed by atoms with E-state index >= 15 is 0 Å². The number of para-hydroxylation sites is 1. The molecule has 3 aromatic rings. The van der Waals surface area contributed by atoms with Gasteiger partial charge in [0.15, 0.2) is 18.1 Å². The molecule has 0 unspecified atom stereocenters. The van der Waals surface area contributed by atoms with Crippen LogP contribution < -0.4 is 14.8 Å². The van der Waals surface area contributed by atoms with Gasteiger partial charge in [0.05, 0.1) is 18.7 Å². The first-order valence-corrected chi connectivity index (χ1v) is 9.98. The van der Waals surface area contributed by atoms with Crippen LogP contribution in [0.3, 0.4) is 0 Å². The quantitative estimate of drug-likeness (QED) is 0.412. The fraction of sp³-hybridized carbons (Fsp3) is 0.208. The molecule has 0 aliphatic heterocycles. The number of benzene rings is 2. The van der Waals surface area contributed by atoms with Crippen molar-refractivity contribution >= 4 is 34.5 Å². The summed E-state index contributed by atoms with van der Waals surface area (Å²) < 4.78 is 16.1. The molecule has 0 spiro atoms. The average Bonchev–Trinajstić information content (AvgIpc) is 2.78. The number of ether oxygens (including phenoxy) is 3. The molecule has 31 heavy (non-hydrogen) atoms. The molecule has 0 radical (unpaired) electrons. The molecule has 0 fully saturated rings. The standard InChI is InChI=1S/C24H24N2O5/c1-3-29-20-12-11-19(15-21(20)30-4-2)26-22(27)16-31-23(28)13-10-18-8-5-7-17-9-6-14-25-24(17)18/h5-15H,3-4,16H2,1-2H3,(H,26,27)/b13-10+. The molecule has 0 aliphatic rings. The summed E-state index contributed by atoms with van der Waals surface area (Å²) in [5.74, 6) is 0.0533. The molecule has 1 heterocycles. The predicted molar refractivity (Wildman–Crippen MR) is 119 cm³/mol. The molecule has 0 atom stereocenters. The molecule has 0 bridgehead atoms. The van der Waals surface area contributed by atoms with Crippen molar-refractivity contribution in [1.82, 2.24) is 4.98 Å². The van der Waals surface area contributed by atoms with Gasteiger partial charge in [-0.3, -0.25) is 9.78 Å². The number of nitrogens with one attached hydrogen (secondary N) is 1. The summed E-state index contributed by atoms with van der Waals surface area (Å²) in [6.07, 6.45) is 4.59. The molecule has 0 aliphatic carbocycles. The van der Waals surface area contributed by atoms with E-state index in [1.807, 2.05) is 44.2 Å². The minimum atomic E-state index is -0.621. The lowest BCUT2D eigenvalue weighted by Gasteiger charge is -2.13. The summed E-state index contributed by atoms with van der Waals surface area (Å²) in [6, 6.07) is 14.6. The average molecular weight is 420 g/mol. The zero-order chi connectivity index (χ0) is 22.1. The number of nitrogens with zero attached hydrogens (tertiary/aromatic N) is 1. The Balaban J connectivity index is 1.56. The zero-order valence-electron chi connectivity index (χ0n) is 17.5. The first kappa shape index (κ1) is 21.8. The third-order valence-corrected chi connectivity index (χ3v) is 4.24. The van der Waals surface area contributed by atoms with Crippen molar-refractivity contribution in [2.75, 3.05) is 25.1 Å². The molecular formula is C24H24N2O5. The van der Waals surface area contributed by atoms with Crippen LogP contribution in [-0.2, 0) is 14.3 Å². The highest BCUT2D eigenvalue weighted by molar-refractivity contribution is 5.96. The van der Waals surface area contributed by atoms with Crippen LogP contribution in [0.1, 0.15) is 19.4 Å². The third kappa shape index (κ3) is 6.05. The second-order valence-electron chi connectivity index (χ2n) is 6.44. The summed E-state index contributed by atoms with van der Waals surface area (Å²) in [5, 5.41) is 3.65. The number of aromatic nitrogens is 1. The van der Waals surface area contributed by atoms with Crippen LogP contribution >= 0.6 is 0 Å². The van der Waals surface area contributed by atoms with Crippen molar-refractivity contribution < 1.29 is 23.8 Å². The topological polar surface area (TPSA) is 86.8 Å². The number of pyridine rings is 1. The van der Waals surface area contributed by atoms with Gasteiger partial charge >= 0.3 is 5.97 Å². The van der Waals surface area contributed by atoms with Gasteiger partial charge in [-0.25, -0.2) is 4.79 Å².